The summed E-state index contributed by atoms with van der Waals surface area (Å²) in [6, 6.07) is 29.7. The number of nitrogens with zero attached hydrogens (tertiary/aromatic N) is 2. The minimum atomic E-state index is -0.423. The van der Waals surface area contributed by atoms with E-state index in [1.165, 1.54) is 22.4 Å². The van der Waals surface area contributed by atoms with Gasteiger partial charge < -0.3 is 9.80 Å². The Morgan fingerprint density at radius 1 is 0.833 bits per heavy atom. The molecular formula is C27H26N2O. The maximum absolute atomic E-state index is 14.1. The van der Waals surface area contributed by atoms with Gasteiger partial charge in [0.05, 0.1) is 0 Å². The number of benzene rings is 3. The van der Waals surface area contributed by atoms with Crippen LogP contribution in [0.25, 0.3) is 0 Å². The van der Waals surface area contributed by atoms with Crippen molar-refractivity contribution in [3.63, 3.8) is 0 Å². The molecule has 0 radical (unpaired) electrons. The first-order valence-corrected chi connectivity index (χ1v) is 10.9. The summed E-state index contributed by atoms with van der Waals surface area (Å²) in [6.45, 7) is 4.68. The fraction of sp³-hybridized carbons (Fsp3) is 0.296. The minimum absolute atomic E-state index is 0.288. The van der Waals surface area contributed by atoms with Gasteiger partial charge in [0, 0.05) is 37.2 Å². The van der Waals surface area contributed by atoms with Gasteiger partial charge in [-0.3, -0.25) is 4.79 Å². The Bertz CT molecular complexity index is 1100. The number of carbonyl (C=O) groups is 1. The zero-order valence-electron chi connectivity index (χ0n) is 17.2. The second kappa shape index (κ2) is 6.46. The number of hydrogen-bond donors (Lipinski definition) is 0. The second-order valence-electron chi connectivity index (χ2n) is 9.07. The Balaban J connectivity index is 1.42. The van der Waals surface area contributed by atoms with Crippen LogP contribution in [0.5, 0.6) is 0 Å². The highest BCUT2D eigenvalue weighted by molar-refractivity contribution is 5.99. The summed E-state index contributed by atoms with van der Waals surface area (Å²) in [6.07, 6.45) is 0. The van der Waals surface area contributed by atoms with Crippen LogP contribution in [0.15, 0.2) is 84.9 Å². The molecular weight excluding hydrogens is 368 g/mol. The molecule has 150 valence electrons. The van der Waals surface area contributed by atoms with Crippen molar-refractivity contribution in [2.45, 2.75) is 31.5 Å². The van der Waals surface area contributed by atoms with Crippen LogP contribution in [0.2, 0.25) is 0 Å². The van der Waals surface area contributed by atoms with Gasteiger partial charge in [-0.2, -0.15) is 0 Å². The number of rotatable bonds is 4. The molecule has 0 aromatic heterocycles. The van der Waals surface area contributed by atoms with Crippen molar-refractivity contribution in [3.8, 4) is 0 Å². The number of fused-ring (bicyclic) bond motifs is 2. The monoisotopic (exact) mass is 394 g/mol. The van der Waals surface area contributed by atoms with Crippen LogP contribution in [0, 0.1) is 11.8 Å². The average molecular weight is 395 g/mol. The summed E-state index contributed by atoms with van der Waals surface area (Å²) >= 11 is 0. The number of amides is 1. The summed E-state index contributed by atoms with van der Waals surface area (Å²) in [5.41, 5.74) is 4.64. The van der Waals surface area contributed by atoms with Gasteiger partial charge in [0.25, 0.3) is 0 Å². The van der Waals surface area contributed by atoms with Crippen LogP contribution in [0.4, 0.5) is 5.69 Å². The number of para-hydroxylation sites is 1. The van der Waals surface area contributed by atoms with E-state index in [9.17, 15) is 4.79 Å². The van der Waals surface area contributed by atoms with E-state index in [0.29, 0.717) is 24.3 Å². The van der Waals surface area contributed by atoms with E-state index in [4.69, 9.17) is 0 Å². The molecule has 2 fully saturated rings. The summed E-state index contributed by atoms with van der Waals surface area (Å²) in [4.78, 5) is 18.6. The van der Waals surface area contributed by atoms with Crippen LogP contribution >= 0.6 is 0 Å². The lowest BCUT2D eigenvalue weighted by atomic mass is 9.52. The van der Waals surface area contributed by atoms with Crippen molar-refractivity contribution in [2.24, 2.45) is 11.8 Å². The Morgan fingerprint density at radius 2 is 1.43 bits per heavy atom. The summed E-state index contributed by atoms with van der Waals surface area (Å²) in [5.74, 6) is 1.48. The highest BCUT2D eigenvalue weighted by Gasteiger charge is 2.75. The van der Waals surface area contributed by atoms with Gasteiger partial charge in [0.1, 0.15) is 5.54 Å². The molecule has 0 bridgehead atoms. The van der Waals surface area contributed by atoms with Crippen LogP contribution in [0.3, 0.4) is 0 Å². The normalized spacial score (nSPS) is 28.7. The van der Waals surface area contributed by atoms with Crippen molar-refractivity contribution in [3.05, 3.63) is 102 Å². The lowest BCUT2D eigenvalue weighted by Crippen LogP contribution is -2.67. The van der Waals surface area contributed by atoms with Crippen molar-refractivity contribution >= 4 is 11.6 Å². The first kappa shape index (κ1) is 17.8. The molecule has 30 heavy (non-hydrogen) atoms. The van der Waals surface area contributed by atoms with Crippen LogP contribution in [-0.2, 0) is 17.9 Å². The number of carbonyl (C=O) groups excluding carboxylic acids is 1. The molecule has 2 heterocycles. The van der Waals surface area contributed by atoms with Gasteiger partial charge >= 0.3 is 0 Å². The van der Waals surface area contributed by atoms with E-state index in [0.717, 1.165) is 13.1 Å². The quantitative estimate of drug-likeness (QED) is 0.632. The van der Waals surface area contributed by atoms with Crippen molar-refractivity contribution in [1.82, 2.24) is 4.90 Å². The maximum Gasteiger partial charge on any atom is 0.249 e. The van der Waals surface area contributed by atoms with Crippen molar-refractivity contribution in [1.29, 1.82) is 0 Å². The third kappa shape index (κ3) is 2.23. The predicted molar refractivity (Wildman–Crippen MR) is 119 cm³/mol. The average Bonchev–Trinajstić information content (AvgIpc) is 3.18. The lowest BCUT2D eigenvalue weighted by molar-refractivity contribution is -0.137. The second-order valence-corrected chi connectivity index (χ2v) is 9.07. The topological polar surface area (TPSA) is 23.6 Å². The van der Waals surface area contributed by atoms with E-state index in [1.807, 2.05) is 6.07 Å². The fourth-order valence-corrected chi connectivity index (χ4v) is 6.44. The summed E-state index contributed by atoms with van der Waals surface area (Å²) < 4.78 is 0. The standard InChI is InChI=1S/C27H26N2O/c1-19-23-18-28(16-20-10-4-2-5-11-20)26(30)27(23)25(19)22-14-8-9-15-24(22)29(27)17-21-12-6-3-7-13-21/h2-15,19,23,25H,16-18H2,1H3/t19-,23+,25-,27-/m0/s1. The van der Waals surface area contributed by atoms with Crippen LogP contribution in [0.1, 0.15) is 29.5 Å². The van der Waals surface area contributed by atoms with Gasteiger partial charge in [-0.1, -0.05) is 85.8 Å². The molecule has 6 rings (SSSR count). The van der Waals surface area contributed by atoms with E-state index in [2.05, 4.69) is 95.6 Å². The molecule has 2 aliphatic heterocycles. The van der Waals surface area contributed by atoms with E-state index in [-0.39, 0.29) is 5.92 Å². The molecule has 1 saturated carbocycles. The number of likely N-dealkylation sites (tertiary alicyclic amines) is 1. The number of hydrogen-bond acceptors (Lipinski definition) is 2. The van der Waals surface area contributed by atoms with Gasteiger partial charge in [-0.05, 0) is 28.7 Å². The third-order valence-electron chi connectivity index (χ3n) is 7.66. The first-order chi connectivity index (χ1) is 14.7. The van der Waals surface area contributed by atoms with Gasteiger partial charge in [0.2, 0.25) is 5.91 Å². The molecule has 1 amide bonds. The Hall–Kier alpha value is -3.07. The van der Waals surface area contributed by atoms with Gasteiger partial charge in [-0.25, -0.2) is 0 Å². The third-order valence-corrected chi connectivity index (χ3v) is 7.66. The molecule has 4 atom stereocenters. The van der Waals surface area contributed by atoms with Crippen LogP contribution in [-0.4, -0.2) is 22.9 Å². The van der Waals surface area contributed by atoms with Gasteiger partial charge in [0.15, 0.2) is 0 Å². The summed E-state index contributed by atoms with van der Waals surface area (Å²) in [5, 5.41) is 0. The highest BCUT2D eigenvalue weighted by Crippen LogP contribution is 2.68. The van der Waals surface area contributed by atoms with Crippen molar-refractivity contribution < 1.29 is 4.79 Å². The zero-order valence-corrected chi connectivity index (χ0v) is 17.2. The Labute approximate surface area is 177 Å². The van der Waals surface area contributed by atoms with E-state index >= 15 is 0 Å². The minimum Gasteiger partial charge on any atom is -0.352 e. The molecule has 1 aliphatic carbocycles. The largest absolute Gasteiger partial charge is 0.352 e. The SMILES string of the molecule is C[C@H]1[C@H]2CN(Cc3ccccc3)C(=O)[C@@]23[C@@H]1c1ccccc1N3Cc1ccccc1. The Kier molecular flexibility index (Phi) is 3.83. The van der Waals surface area contributed by atoms with E-state index < -0.39 is 5.54 Å². The molecule has 3 aromatic carbocycles. The number of anilines is 1. The lowest BCUT2D eigenvalue weighted by Gasteiger charge is -2.55. The molecule has 1 spiro atoms. The van der Waals surface area contributed by atoms with Crippen LogP contribution < -0.4 is 4.90 Å². The fourth-order valence-electron chi connectivity index (χ4n) is 6.44. The first-order valence-electron chi connectivity index (χ1n) is 10.9. The molecule has 0 N–H and O–H groups in total. The highest BCUT2D eigenvalue weighted by atomic mass is 16.2. The summed E-state index contributed by atoms with van der Waals surface area (Å²) in [7, 11) is 0. The van der Waals surface area contributed by atoms with E-state index in [1.54, 1.807) is 0 Å². The predicted octanol–water partition coefficient (Wildman–Crippen LogP) is 4.84. The molecule has 3 nitrogen and oxygen atoms in total. The molecule has 3 aromatic rings. The molecule has 0 unspecified atom stereocenters. The molecule has 3 aliphatic rings. The Morgan fingerprint density at radius 3 is 2.13 bits per heavy atom. The molecule has 3 heteroatoms. The smallest absolute Gasteiger partial charge is 0.249 e. The van der Waals surface area contributed by atoms with Crippen molar-refractivity contribution in [2.75, 3.05) is 11.4 Å². The molecule has 1 saturated heterocycles. The zero-order chi connectivity index (χ0) is 20.3. The van der Waals surface area contributed by atoms with Gasteiger partial charge in [-0.15, -0.1) is 0 Å². The maximum atomic E-state index is 14.1.